The van der Waals surface area contributed by atoms with Crippen molar-refractivity contribution in [2.24, 2.45) is 0 Å². The zero-order valence-corrected chi connectivity index (χ0v) is 13.3. The van der Waals surface area contributed by atoms with Crippen molar-refractivity contribution < 1.29 is 0 Å². The highest BCUT2D eigenvalue weighted by atomic mass is 15.1. The molecule has 0 radical (unpaired) electrons. The van der Waals surface area contributed by atoms with Gasteiger partial charge in [-0.1, -0.05) is 48.7 Å². The van der Waals surface area contributed by atoms with Crippen LogP contribution in [0.25, 0.3) is 5.57 Å². The number of nitrogens with zero attached hydrogens (tertiary/aromatic N) is 1. The molecule has 2 aliphatic rings. The van der Waals surface area contributed by atoms with Crippen LogP contribution >= 0.6 is 0 Å². The fraction of sp³-hybridized carbons (Fsp3) is 0.600. The topological polar surface area (TPSA) is 3.24 Å². The van der Waals surface area contributed by atoms with Crippen molar-refractivity contribution in [2.45, 2.75) is 57.8 Å². The molecule has 3 rings (SSSR count). The molecule has 1 aliphatic heterocycles. The van der Waals surface area contributed by atoms with Gasteiger partial charge in [0.2, 0.25) is 0 Å². The van der Waals surface area contributed by atoms with Gasteiger partial charge in [0.1, 0.15) is 0 Å². The summed E-state index contributed by atoms with van der Waals surface area (Å²) in [5.74, 6) is 0. The van der Waals surface area contributed by atoms with Crippen LogP contribution in [0.2, 0.25) is 0 Å². The van der Waals surface area contributed by atoms with E-state index in [1.165, 1.54) is 83.0 Å². The predicted molar refractivity (Wildman–Crippen MR) is 91.4 cm³/mol. The molecule has 1 aromatic rings. The van der Waals surface area contributed by atoms with Crippen LogP contribution in [0.1, 0.15) is 63.4 Å². The number of rotatable bonds is 4. The molecule has 1 heterocycles. The second-order valence-electron chi connectivity index (χ2n) is 6.66. The van der Waals surface area contributed by atoms with Crippen LogP contribution in [0.4, 0.5) is 0 Å². The molecular weight excluding hydrogens is 254 g/mol. The lowest BCUT2D eigenvalue weighted by molar-refractivity contribution is 0.234. The third-order valence-corrected chi connectivity index (χ3v) is 5.13. The van der Waals surface area contributed by atoms with Crippen LogP contribution in [0.5, 0.6) is 0 Å². The Balaban J connectivity index is 1.72. The number of piperidine rings is 1. The van der Waals surface area contributed by atoms with E-state index in [0.29, 0.717) is 0 Å². The Morgan fingerprint density at radius 2 is 1.48 bits per heavy atom. The Kier molecular flexibility index (Phi) is 5.51. The summed E-state index contributed by atoms with van der Waals surface area (Å²) in [5, 5.41) is 0. The maximum atomic E-state index is 2.68. The molecule has 114 valence electrons. The molecule has 0 unspecified atom stereocenters. The van der Waals surface area contributed by atoms with Crippen LogP contribution in [-0.2, 0) is 0 Å². The van der Waals surface area contributed by atoms with Crippen molar-refractivity contribution in [3.05, 3.63) is 41.5 Å². The van der Waals surface area contributed by atoms with Gasteiger partial charge in [-0.3, -0.25) is 0 Å². The van der Waals surface area contributed by atoms with E-state index in [4.69, 9.17) is 0 Å². The first-order chi connectivity index (χ1) is 10.4. The number of hydrogen-bond donors (Lipinski definition) is 0. The highest BCUT2D eigenvalue weighted by Crippen LogP contribution is 2.32. The summed E-state index contributed by atoms with van der Waals surface area (Å²) in [4.78, 5) is 2.68. The number of allylic oxidation sites excluding steroid dienone is 1. The maximum absolute atomic E-state index is 2.68. The van der Waals surface area contributed by atoms with Crippen molar-refractivity contribution in [3.63, 3.8) is 0 Å². The van der Waals surface area contributed by atoms with Crippen molar-refractivity contribution >= 4 is 5.57 Å². The quantitative estimate of drug-likeness (QED) is 0.726. The van der Waals surface area contributed by atoms with Crippen LogP contribution in [0.15, 0.2) is 35.9 Å². The Labute approximate surface area is 130 Å². The Morgan fingerprint density at radius 1 is 0.810 bits per heavy atom. The fourth-order valence-corrected chi connectivity index (χ4v) is 3.90. The molecule has 0 amide bonds. The zero-order chi connectivity index (χ0) is 14.3. The first-order valence-electron chi connectivity index (χ1n) is 8.92. The molecule has 1 aromatic carbocycles. The van der Waals surface area contributed by atoms with Crippen molar-refractivity contribution in [1.82, 2.24) is 4.90 Å². The zero-order valence-electron chi connectivity index (χ0n) is 13.3. The Hall–Kier alpha value is -1.08. The van der Waals surface area contributed by atoms with Crippen LogP contribution in [0.3, 0.4) is 0 Å². The van der Waals surface area contributed by atoms with E-state index in [9.17, 15) is 0 Å². The fourth-order valence-electron chi connectivity index (χ4n) is 3.90. The van der Waals surface area contributed by atoms with Crippen molar-refractivity contribution in [2.75, 3.05) is 19.6 Å². The summed E-state index contributed by atoms with van der Waals surface area (Å²) >= 11 is 0. The van der Waals surface area contributed by atoms with Gasteiger partial charge < -0.3 is 4.90 Å². The van der Waals surface area contributed by atoms with E-state index < -0.39 is 0 Å². The van der Waals surface area contributed by atoms with Gasteiger partial charge in [0.25, 0.3) is 0 Å². The molecule has 0 bridgehead atoms. The normalized spacial score (nSPS) is 20.5. The van der Waals surface area contributed by atoms with Gasteiger partial charge in [-0.2, -0.15) is 0 Å². The number of benzene rings is 1. The van der Waals surface area contributed by atoms with E-state index >= 15 is 0 Å². The summed E-state index contributed by atoms with van der Waals surface area (Å²) in [6.07, 6.45) is 12.4. The lowest BCUT2D eigenvalue weighted by Gasteiger charge is -2.28. The Bertz CT molecular complexity index is 446. The summed E-state index contributed by atoms with van der Waals surface area (Å²) < 4.78 is 0. The van der Waals surface area contributed by atoms with E-state index in [0.717, 1.165) is 0 Å². The van der Waals surface area contributed by atoms with E-state index in [-0.39, 0.29) is 0 Å². The van der Waals surface area contributed by atoms with Gasteiger partial charge in [0, 0.05) is 6.54 Å². The first-order valence-corrected chi connectivity index (χ1v) is 8.92. The van der Waals surface area contributed by atoms with Crippen LogP contribution in [-0.4, -0.2) is 24.5 Å². The van der Waals surface area contributed by atoms with Gasteiger partial charge in [-0.15, -0.1) is 0 Å². The molecule has 1 nitrogen and oxygen atoms in total. The molecular formula is C20H29N. The van der Waals surface area contributed by atoms with Crippen molar-refractivity contribution in [3.8, 4) is 0 Å². The molecule has 0 spiro atoms. The molecule has 0 atom stereocenters. The molecule has 2 fully saturated rings. The SMILES string of the molecule is c1ccc(C(CCN2CCCCC2)=C2CCCCC2)cc1. The second kappa shape index (κ2) is 7.79. The highest BCUT2D eigenvalue weighted by molar-refractivity contribution is 5.69. The largest absolute Gasteiger partial charge is 0.303 e. The van der Waals surface area contributed by atoms with Crippen molar-refractivity contribution in [1.29, 1.82) is 0 Å². The van der Waals surface area contributed by atoms with Crippen LogP contribution < -0.4 is 0 Å². The van der Waals surface area contributed by atoms with Gasteiger partial charge in [0.05, 0.1) is 0 Å². The third-order valence-electron chi connectivity index (χ3n) is 5.13. The highest BCUT2D eigenvalue weighted by Gasteiger charge is 2.15. The minimum Gasteiger partial charge on any atom is -0.303 e. The molecule has 1 saturated carbocycles. The minimum absolute atomic E-state index is 1.25. The molecule has 1 saturated heterocycles. The molecule has 1 heteroatoms. The standard InChI is InChI=1S/C20H29N/c1-4-10-18(11-5-1)20(19-12-6-2-7-13-19)14-17-21-15-8-3-9-16-21/h1,4-5,10-11H,2-3,6-9,12-17H2. The summed E-state index contributed by atoms with van der Waals surface area (Å²) in [7, 11) is 0. The lowest BCUT2D eigenvalue weighted by Crippen LogP contribution is -2.30. The second-order valence-corrected chi connectivity index (χ2v) is 6.66. The van der Waals surface area contributed by atoms with Crippen LogP contribution in [0, 0.1) is 0 Å². The monoisotopic (exact) mass is 283 g/mol. The molecule has 0 aromatic heterocycles. The molecule has 0 N–H and O–H groups in total. The van der Waals surface area contributed by atoms with Gasteiger partial charge >= 0.3 is 0 Å². The summed E-state index contributed by atoms with van der Waals surface area (Å²) in [6, 6.07) is 11.1. The summed E-state index contributed by atoms with van der Waals surface area (Å²) in [6.45, 7) is 3.89. The summed E-state index contributed by atoms with van der Waals surface area (Å²) in [5.41, 5.74) is 4.90. The van der Waals surface area contributed by atoms with Gasteiger partial charge in [0.15, 0.2) is 0 Å². The average molecular weight is 283 g/mol. The van der Waals surface area contributed by atoms with Gasteiger partial charge in [-0.25, -0.2) is 0 Å². The molecule has 21 heavy (non-hydrogen) atoms. The average Bonchev–Trinajstić information content (AvgIpc) is 2.58. The minimum atomic E-state index is 1.25. The van der Waals surface area contributed by atoms with Gasteiger partial charge in [-0.05, 0) is 69.2 Å². The maximum Gasteiger partial charge on any atom is 0.00220 e. The van der Waals surface area contributed by atoms with E-state index in [1.54, 1.807) is 11.1 Å². The number of likely N-dealkylation sites (tertiary alicyclic amines) is 1. The third kappa shape index (κ3) is 4.20. The number of hydrogen-bond acceptors (Lipinski definition) is 1. The Morgan fingerprint density at radius 3 is 2.19 bits per heavy atom. The first kappa shape index (κ1) is 14.8. The van der Waals surface area contributed by atoms with E-state index in [2.05, 4.69) is 35.2 Å². The predicted octanol–water partition coefficient (Wildman–Crippen LogP) is 5.28. The van der Waals surface area contributed by atoms with E-state index in [1.807, 2.05) is 0 Å². The lowest BCUT2D eigenvalue weighted by atomic mass is 9.86. The molecule has 1 aliphatic carbocycles. The smallest absolute Gasteiger partial charge is 0.00220 e.